The van der Waals surface area contributed by atoms with E-state index in [1.807, 2.05) is 0 Å². The number of nitrogen functional groups attached to an aromatic ring is 1. The smallest absolute Gasteiger partial charge is 0.292 e. The third-order valence-corrected chi connectivity index (χ3v) is 3.62. The first kappa shape index (κ1) is 11.7. The van der Waals surface area contributed by atoms with Gasteiger partial charge >= 0.3 is 0 Å². The highest BCUT2D eigenvalue weighted by Crippen LogP contribution is 2.38. The quantitative estimate of drug-likeness (QED) is 0.477. The van der Waals surface area contributed by atoms with Gasteiger partial charge in [0.2, 0.25) is 0 Å². The summed E-state index contributed by atoms with van der Waals surface area (Å²) < 4.78 is 0. The Morgan fingerprint density at radius 2 is 2.24 bits per heavy atom. The summed E-state index contributed by atoms with van der Waals surface area (Å²) in [7, 11) is 0. The van der Waals surface area contributed by atoms with Gasteiger partial charge in [0.1, 0.15) is 5.69 Å². The number of hydrogen-bond donors (Lipinski definition) is 2. The van der Waals surface area contributed by atoms with E-state index in [4.69, 9.17) is 5.73 Å². The second-order valence-corrected chi connectivity index (χ2v) is 4.64. The maximum absolute atomic E-state index is 10.6. The number of nitrogens with two attached hydrogens (primary N) is 1. The van der Waals surface area contributed by atoms with Crippen molar-refractivity contribution in [1.82, 2.24) is 0 Å². The Balaban J connectivity index is 2.17. The second kappa shape index (κ2) is 4.24. The van der Waals surface area contributed by atoms with Gasteiger partial charge in [-0.1, -0.05) is 6.92 Å². The van der Waals surface area contributed by atoms with Gasteiger partial charge in [-0.3, -0.25) is 10.1 Å². The lowest BCUT2D eigenvalue weighted by Crippen LogP contribution is -2.44. The van der Waals surface area contributed by atoms with Crippen LogP contribution in [0.4, 0.5) is 17.1 Å². The third-order valence-electron chi connectivity index (χ3n) is 3.62. The molecular formula is C12H17N3O2. The number of nitro groups is 1. The molecular weight excluding hydrogens is 218 g/mol. The minimum Gasteiger partial charge on any atom is -0.393 e. The second-order valence-electron chi connectivity index (χ2n) is 4.64. The molecule has 0 saturated heterocycles. The van der Waals surface area contributed by atoms with Gasteiger partial charge in [0.15, 0.2) is 0 Å². The zero-order chi connectivity index (χ0) is 12.5. The molecule has 0 aliphatic heterocycles. The van der Waals surface area contributed by atoms with Crippen LogP contribution in [0.3, 0.4) is 0 Å². The van der Waals surface area contributed by atoms with Gasteiger partial charge in [-0.05, 0) is 37.8 Å². The maximum Gasteiger partial charge on any atom is 0.292 e. The lowest BCUT2D eigenvalue weighted by atomic mass is 9.74. The summed E-state index contributed by atoms with van der Waals surface area (Å²) >= 11 is 0. The van der Waals surface area contributed by atoms with Crippen LogP contribution >= 0.6 is 0 Å². The molecule has 1 aromatic rings. The van der Waals surface area contributed by atoms with Gasteiger partial charge in [-0.15, -0.1) is 0 Å². The average molecular weight is 235 g/mol. The fraction of sp³-hybridized carbons (Fsp3) is 0.500. The molecule has 0 heterocycles. The van der Waals surface area contributed by atoms with Crippen molar-refractivity contribution >= 4 is 17.1 Å². The molecule has 1 aliphatic rings. The van der Waals surface area contributed by atoms with Gasteiger partial charge < -0.3 is 11.1 Å². The molecule has 1 fully saturated rings. The molecule has 0 bridgehead atoms. The summed E-state index contributed by atoms with van der Waals surface area (Å²) in [4.78, 5) is 10.2. The molecule has 0 aromatic heterocycles. The first-order valence-corrected chi connectivity index (χ1v) is 5.88. The monoisotopic (exact) mass is 235 g/mol. The zero-order valence-electron chi connectivity index (χ0n) is 9.90. The van der Waals surface area contributed by atoms with Crippen molar-refractivity contribution in [3.05, 3.63) is 28.3 Å². The van der Waals surface area contributed by atoms with Crippen LogP contribution in [0.25, 0.3) is 0 Å². The van der Waals surface area contributed by atoms with E-state index in [0.29, 0.717) is 0 Å². The molecule has 5 heteroatoms. The molecule has 1 aliphatic carbocycles. The lowest BCUT2D eigenvalue weighted by Gasteiger charge is -2.43. The fourth-order valence-corrected chi connectivity index (χ4v) is 2.28. The summed E-state index contributed by atoms with van der Waals surface area (Å²) in [5.41, 5.74) is 6.88. The summed E-state index contributed by atoms with van der Waals surface area (Å²) in [6.07, 6.45) is 4.61. The topological polar surface area (TPSA) is 81.2 Å². The number of hydrogen-bond acceptors (Lipinski definition) is 4. The highest BCUT2D eigenvalue weighted by molar-refractivity contribution is 5.66. The van der Waals surface area contributed by atoms with Crippen LogP contribution in [-0.2, 0) is 0 Å². The SMILES string of the molecule is CCC1(Nc2ccc([N+](=O)[O-])c(N)c2)CCC1. The molecule has 2 rings (SSSR count). The fourth-order valence-electron chi connectivity index (χ4n) is 2.28. The number of rotatable bonds is 4. The highest BCUT2D eigenvalue weighted by atomic mass is 16.6. The van der Waals surface area contributed by atoms with E-state index in [1.54, 1.807) is 12.1 Å². The first-order valence-electron chi connectivity index (χ1n) is 5.88. The van der Waals surface area contributed by atoms with Gasteiger partial charge in [-0.25, -0.2) is 0 Å². The zero-order valence-corrected chi connectivity index (χ0v) is 9.90. The van der Waals surface area contributed by atoms with Gasteiger partial charge in [-0.2, -0.15) is 0 Å². The Kier molecular flexibility index (Phi) is 2.92. The number of nitrogens with zero attached hydrogens (tertiary/aromatic N) is 1. The molecule has 0 unspecified atom stereocenters. The molecule has 0 amide bonds. The van der Waals surface area contributed by atoms with Crippen molar-refractivity contribution in [3.63, 3.8) is 0 Å². The molecule has 0 radical (unpaired) electrons. The van der Waals surface area contributed by atoms with Crippen LogP contribution in [-0.4, -0.2) is 10.5 Å². The number of anilines is 2. The van der Waals surface area contributed by atoms with Crippen molar-refractivity contribution in [1.29, 1.82) is 0 Å². The summed E-state index contributed by atoms with van der Waals surface area (Å²) in [6.45, 7) is 2.15. The van der Waals surface area contributed by atoms with E-state index in [0.717, 1.165) is 24.9 Å². The summed E-state index contributed by atoms with van der Waals surface area (Å²) in [5, 5.41) is 14.1. The van der Waals surface area contributed by atoms with E-state index in [-0.39, 0.29) is 16.9 Å². The minimum absolute atomic E-state index is 0.0327. The normalized spacial score (nSPS) is 17.2. The Hall–Kier alpha value is -1.78. The van der Waals surface area contributed by atoms with E-state index in [9.17, 15) is 10.1 Å². The van der Waals surface area contributed by atoms with Crippen molar-refractivity contribution in [3.8, 4) is 0 Å². The highest BCUT2D eigenvalue weighted by Gasteiger charge is 2.34. The Bertz CT molecular complexity index is 436. The Labute approximate surface area is 100 Å². The molecule has 1 saturated carbocycles. The molecule has 0 spiro atoms. The van der Waals surface area contributed by atoms with Crippen molar-refractivity contribution in [2.45, 2.75) is 38.1 Å². The summed E-state index contributed by atoms with van der Waals surface area (Å²) in [5.74, 6) is 0. The third kappa shape index (κ3) is 2.18. The predicted molar refractivity (Wildman–Crippen MR) is 68.0 cm³/mol. The number of nitro benzene ring substituents is 1. The minimum atomic E-state index is -0.460. The number of nitrogens with one attached hydrogen (secondary N) is 1. The van der Waals surface area contributed by atoms with E-state index in [2.05, 4.69) is 12.2 Å². The molecule has 17 heavy (non-hydrogen) atoms. The van der Waals surface area contributed by atoms with Crippen LogP contribution in [0.5, 0.6) is 0 Å². The van der Waals surface area contributed by atoms with Crippen LogP contribution in [0.1, 0.15) is 32.6 Å². The van der Waals surface area contributed by atoms with Crippen LogP contribution in [0.15, 0.2) is 18.2 Å². The van der Waals surface area contributed by atoms with Gasteiger partial charge in [0.05, 0.1) is 4.92 Å². The van der Waals surface area contributed by atoms with E-state index < -0.39 is 4.92 Å². The average Bonchev–Trinajstić information content (AvgIpc) is 2.23. The van der Waals surface area contributed by atoms with Crippen LogP contribution in [0.2, 0.25) is 0 Å². The maximum atomic E-state index is 10.6. The van der Waals surface area contributed by atoms with Crippen molar-refractivity contribution in [2.24, 2.45) is 0 Å². The van der Waals surface area contributed by atoms with E-state index >= 15 is 0 Å². The first-order chi connectivity index (χ1) is 8.06. The van der Waals surface area contributed by atoms with E-state index in [1.165, 1.54) is 12.5 Å². The number of benzene rings is 1. The lowest BCUT2D eigenvalue weighted by molar-refractivity contribution is -0.383. The molecule has 0 atom stereocenters. The summed E-state index contributed by atoms with van der Waals surface area (Å²) in [6, 6.07) is 4.83. The van der Waals surface area contributed by atoms with Gasteiger partial charge in [0.25, 0.3) is 5.69 Å². The van der Waals surface area contributed by atoms with Crippen molar-refractivity contribution < 1.29 is 4.92 Å². The van der Waals surface area contributed by atoms with Crippen LogP contribution in [0, 0.1) is 10.1 Å². The largest absolute Gasteiger partial charge is 0.393 e. The molecule has 3 N–H and O–H groups in total. The molecule has 5 nitrogen and oxygen atoms in total. The van der Waals surface area contributed by atoms with Crippen molar-refractivity contribution in [2.75, 3.05) is 11.1 Å². The van der Waals surface area contributed by atoms with Crippen LogP contribution < -0.4 is 11.1 Å². The standard InChI is InChI=1S/C12H17N3O2/c1-2-12(6-3-7-12)14-9-4-5-11(15(16)17)10(13)8-9/h4-5,8,14H,2-3,6-7,13H2,1H3. The van der Waals surface area contributed by atoms with Gasteiger partial charge in [0, 0.05) is 17.3 Å². The Morgan fingerprint density at radius 3 is 2.65 bits per heavy atom. The Morgan fingerprint density at radius 1 is 1.53 bits per heavy atom. The molecule has 92 valence electrons. The molecule has 1 aromatic carbocycles. The predicted octanol–water partition coefficient (Wildman–Crippen LogP) is 2.92.